The summed E-state index contributed by atoms with van der Waals surface area (Å²) < 4.78 is 13.3. The maximum absolute atomic E-state index is 13.3. The van der Waals surface area contributed by atoms with Gasteiger partial charge in [-0.1, -0.05) is 18.5 Å². The summed E-state index contributed by atoms with van der Waals surface area (Å²) >= 11 is 5.82. The molecule has 0 aliphatic carbocycles. The molecule has 1 heterocycles. The van der Waals surface area contributed by atoms with E-state index in [0.29, 0.717) is 22.5 Å². The molecule has 0 aliphatic heterocycles. The molecule has 2 N–H and O–H groups in total. The highest BCUT2D eigenvalue weighted by molar-refractivity contribution is 6.30. The molecule has 0 radical (unpaired) electrons. The van der Waals surface area contributed by atoms with Crippen LogP contribution in [-0.4, -0.2) is 16.5 Å². The summed E-state index contributed by atoms with van der Waals surface area (Å²) in [5.74, 6) is 0.754. The van der Waals surface area contributed by atoms with Gasteiger partial charge in [-0.2, -0.15) is 4.98 Å². The van der Waals surface area contributed by atoms with E-state index in [4.69, 9.17) is 11.6 Å². The lowest BCUT2D eigenvalue weighted by molar-refractivity contribution is 0.628. The van der Waals surface area contributed by atoms with Gasteiger partial charge in [-0.25, -0.2) is 9.37 Å². The molecule has 0 aliphatic rings. The lowest BCUT2D eigenvalue weighted by Crippen LogP contribution is -2.06. The Morgan fingerprint density at radius 3 is 2.70 bits per heavy atom. The Bertz CT molecular complexity index is 583. The molecular formula is C14H16ClFN4. The van der Waals surface area contributed by atoms with Gasteiger partial charge in [0.05, 0.1) is 0 Å². The van der Waals surface area contributed by atoms with E-state index in [2.05, 4.69) is 27.5 Å². The van der Waals surface area contributed by atoms with Crippen molar-refractivity contribution in [2.75, 3.05) is 17.2 Å². The first kappa shape index (κ1) is 14.5. The third kappa shape index (κ3) is 4.06. The minimum atomic E-state index is -0.393. The number of hydrogen-bond acceptors (Lipinski definition) is 4. The van der Waals surface area contributed by atoms with Crippen molar-refractivity contribution in [2.45, 2.75) is 20.3 Å². The molecule has 0 saturated carbocycles. The van der Waals surface area contributed by atoms with E-state index in [1.165, 1.54) is 12.1 Å². The lowest BCUT2D eigenvalue weighted by Gasteiger charge is -2.10. The van der Waals surface area contributed by atoms with Crippen molar-refractivity contribution >= 4 is 29.1 Å². The third-order valence-electron chi connectivity index (χ3n) is 2.52. The van der Waals surface area contributed by atoms with Crippen molar-refractivity contribution in [3.63, 3.8) is 0 Å². The highest BCUT2D eigenvalue weighted by Gasteiger charge is 2.04. The van der Waals surface area contributed by atoms with Crippen LogP contribution < -0.4 is 10.6 Å². The average molecular weight is 295 g/mol. The molecule has 2 rings (SSSR count). The van der Waals surface area contributed by atoms with Gasteiger partial charge in [0.15, 0.2) is 0 Å². The molecule has 0 saturated heterocycles. The van der Waals surface area contributed by atoms with Crippen molar-refractivity contribution in [2.24, 2.45) is 0 Å². The summed E-state index contributed by atoms with van der Waals surface area (Å²) in [6, 6.07) is 6.05. The van der Waals surface area contributed by atoms with Crippen LogP contribution in [0.25, 0.3) is 0 Å². The molecule has 1 aromatic carbocycles. The van der Waals surface area contributed by atoms with Crippen LogP contribution in [0.1, 0.15) is 19.0 Å². The van der Waals surface area contributed by atoms with Crippen LogP contribution in [0.3, 0.4) is 0 Å². The second-order valence-corrected chi connectivity index (χ2v) is 4.86. The first-order chi connectivity index (χ1) is 9.56. The molecule has 0 atom stereocenters. The van der Waals surface area contributed by atoms with Crippen LogP contribution in [0.5, 0.6) is 0 Å². The second-order valence-electron chi connectivity index (χ2n) is 4.43. The molecule has 0 spiro atoms. The van der Waals surface area contributed by atoms with Crippen molar-refractivity contribution in [3.8, 4) is 0 Å². The van der Waals surface area contributed by atoms with Gasteiger partial charge >= 0.3 is 0 Å². The van der Waals surface area contributed by atoms with Gasteiger partial charge < -0.3 is 10.6 Å². The zero-order valence-corrected chi connectivity index (χ0v) is 12.1. The Morgan fingerprint density at radius 2 is 2.00 bits per heavy atom. The highest BCUT2D eigenvalue weighted by atomic mass is 35.5. The molecule has 20 heavy (non-hydrogen) atoms. The Labute approximate surface area is 122 Å². The molecule has 106 valence electrons. The standard InChI is InChI=1S/C14H16ClFN4/c1-3-4-17-14-18-9(2)5-13(20-14)19-12-7-10(15)6-11(16)8-12/h5-8H,3-4H2,1-2H3,(H2,17,18,19,20). The Hall–Kier alpha value is -1.88. The predicted octanol–water partition coefficient (Wildman–Crippen LogP) is 4.14. The molecule has 2 aromatic rings. The zero-order valence-electron chi connectivity index (χ0n) is 11.4. The molecule has 0 bridgehead atoms. The van der Waals surface area contributed by atoms with E-state index in [-0.39, 0.29) is 0 Å². The van der Waals surface area contributed by atoms with Gasteiger partial charge in [-0.15, -0.1) is 0 Å². The molecule has 1 aromatic heterocycles. The van der Waals surface area contributed by atoms with E-state index in [9.17, 15) is 4.39 Å². The van der Waals surface area contributed by atoms with E-state index in [1.807, 2.05) is 6.92 Å². The SMILES string of the molecule is CCCNc1nc(C)cc(Nc2cc(F)cc(Cl)c2)n1. The summed E-state index contributed by atoms with van der Waals surface area (Å²) in [4.78, 5) is 8.61. The monoisotopic (exact) mass is 294 g/mol. The minimum Gasteiger partial charge on any atom is -0.354 e. The summed E-state index contributed by atoms with van der Waals surface area (Å²) in [7, 11) is 0. The Balaban J connectivity index is 2.21. The predicted molar refractivity (Wildman–Crippen MR) is 80.2 cm³/mol. The second kappa shape index (κ2) is 6.52. The van der Waals surface area contributed by atoms with Crippen LogP contribution in [0.4, 0.5) is 21.8 Å². The summed E-state index contributed by atoms with van der Waals surface area (Å²) in [6.07, 6.45) is 0.986. The number of hydrogen-bond donors (Lipinski definition) is 2. The number of anilines is 3. The van der Waals surface area contributed by atoms with Crippen LogP contribution in [0.15, 0.2) is 24.3 Å². The quantitative estimate of drug-likeness (QED) is 0.870. The van der Waals surface area contributed by atoms with Gasteiger partial charge in [-0.3, -0.25) is 0 Å². The number of rotatable bonds is 5. The van der Waals surface area contributed by atoms with Crippen molar-refractivity contribution in [1.82, 2.24) is 9.97 Å². The van der Waals surface area contributed by atoms with E-state index in [1.54, 1.807) is 12.1 Å². The fourth-order valence-corrected chi connectivity index (χ4v) is 1.94. The van der Waals surface area contributed by atoms with Crippen LogP contribution in [0.2, 0.25) is 5.02 Å². The number of aromatic nitrogens is 2. The van der Waals surface area contributed by atoms with Gasteiger partial charge in [0.25, 0.3) is 0 Å². The Morgan fingerprint density at radius 1 is 1.20 bits per heavy atom. The van der Waals surface area contributed by atoms with Gasteiger partial charge in [0, 0.05) is 29.0 Å². The average Bonchev–Trinajstić information content (AvgIpc) is 2.34. The van der Waals surface area contributed by atoms with Crippen LogP contribution in [0, 0.1) is 12.7 Å². The topological polar surface area (TPSA) is 49.8 Å². The Kier molecular flexibility index (Phi) is 4.74. The van der Waals surface area contributed by atoms with Crippen LogP contribution in [-0.2, 0) is 0 Å². The summed E-state index contributed by atoms with van der Waals surface area (Å²) in [6.45, 7) is 4.74. The van der Waals surface area contributed by atoms with E-state index in [0.717, 1.165) is 18.7 Å². The fourth-order valence-electron chi connectivity index (χ4n) is 1.72. The highest BCUT2D eigenvalue weighted by Crippen LogP contribution is 2.22. The molecule has 0 fully saturated rings. The largest absolute Gasteiger partial charge is 0.354 e. The normalized spacial score (nSPS) is 10.4. The lowest BCUT2D eigenvalue weighted by atomic mass is 10.3. The molecule has 0 amide bonds. The molecular weight excluding hydrogens is 279 g/mol. The van der Waals surface area contributed by atoms with Gasteiger partial charge in [0.2, 0.25) is 5.95 Å². The number of aryl methyl sites for hydroxylation is 1. The van der Waals surface area contributed by atoms with Gasteiger partial charge in [0.1, 0.15) is 11.6 Å². The third-order valence-corrected chi connectivity index (χ3v) is 2.74. The molecule has 4 nitrogen and oxygen atoms in total. The maximum Gasteiger partial charge on any atom is 0.224 e. The van der Waals surface area contributed by atoms with E-state index < -0.39 is 5.82 Å². The zero-order chi connectivity index (χ0) is 14.5. The number of benzene rings is 1. The van der Waals surface area contributed by atoms with Gasteiger partial charge in [-0.05, 0) is 31.5 Å². The number of nitrogens with one attached hydrogen (secondary N) is 2. The minimum absolute atomic E-state index is 0.336. The molecule has 6 heteroatoms. The first-order valence-electron chi connectivity index (χ1n) is 6.39. The van der Waals surface area contributed by atoms with Crippen molar-refractivity contribution < 1.29 is 4.39 Å². The number of halogens is 2. The van der Waals surface area contributed by atoms with E-state index >= 15 is 0 Å². The van der Waals surface area contributed by atoms with Crippen molar-refractivity contribution in [1.29, 1.82) is 0 Å². The fraction of sp³-hybridized carbons (Fsp3) is 0.286. The first-order valence-corrected chi connectivity index (χ1v) is 6.77. The smallest absolute Gasteiger partial charge is 0.224 e. The summed E-state index contributed by atoms with van der Waals surface area (Å²) in [5, 5.41) is 6.49. The van der Waals surface area contributed by atoms with Crippen molar-refractivity contribution in [3.05, 3.63) is 40.8 Å². The maximum atomic E-state index is 13.3. The summed E-state index contributed by atoms with van der Waals surface area (Å²) in [5.41, 5.74) is 1.37. The van der Waals surface area contributed by atoms with Crippen LogP contribution >= 0.6 is 11.6 Å². The number of nitrogens with zero attached hydrogens (tertiary/aromatic N) is 2. The molecule has 0 unspecified atom stereocenters.